The number of nitrogen functional groups attached to an aromatic ring is 1. The number of aryl methyl sites for hydroxylation is 2. The molecule has 0 fully saturated rings. The predicted molar refractivity (Wildman–Crippen MR) is 67.6 cm³/mol. The Labute approximate surface area is 102 Å². The van der Waals surface area contributed by atoms with Crippen LogP contribution < -0.4 is 5.73 Å². The van der Waals surface area contributed by atoms with Crippen molar-refractivity contribution in [2.45, 2.75) is 24.8 Å². The van der Waals surface area contributed by atoms with E-state index in [9.17, 15) is 0 Å². The molecule has 0 bridgehead atoms. The first-order valence-corrected chi connectivity index (χ1v) is 6.65. The Bertz CT molecular complexity index is 475. The van der Waals surface area contributed by atoms with E-state index in [0.717, 1.165) is 22.1 Å². The van der Waals surface area contributed by atoms with Crippen LogP contribution in [0.3, 0.4) is 0 Å². The number of aromatic nitrogens is 3. The Kier molecular flexibility index (Phi) is 3.40. The van der Waals surface area contributed by atoms with Gasteiger partial charge in [-0.2, -0.15) is 0 Å². The average Bonchev–Trinajstić information content (AvgIpc) is 2.60. The van der Waals surface area contributed by atoms with E-state index in [1.807, 2.05) is 13.8 Å². The van der Waals surface area contributed by atoms with Crippen LogP contribution in [-0.4, -0.2) is 15.0 Å². The zero-order valence-corrected chi connectivity index (χ0v) is 10.7. The summed E-state index contributed by atoms with van der Waals surface area (Å²) in [7, 11) is 0. The molecule has 4 nitrogen and oxygen atoms in total. The van der Waals surface area contributed by atoms with Crippen LogP contribution in [0.5, 0.6) is 0 Å². The van der Waals surface area contributed by atoms with Crippen molar-refractivity contribution >= 4 is 28.9 Å². The molecule has 0 aliphatic rings. The third-order valence-electron chi connectivity index (χ3n) is 1.87. The summed E-state index contributed by atoms with van der Waals surface area (Å²) in [5.41, 5.74) is 7.61. The number of thiazole rings is 1. The highest BCUT2D eigenvalue weighted by atomic mass is 32.2. The highest BCUT2D eigenvalue weighted by Crippen LogP contribution is 2.21. The van der Waals surface area contributed by atoms with Gasteiger partial charge in [0.05, 0.1) is 10.7 Å². The van der Waals surface area contributed by atoms with Gasteiger partial charge in [0, 0.05) is 22.9 Å². The number of thioether (sulfide) groups is 1. The fraction of sp³-hybridized carbons (Fsp3) is 0.300. The van der Waals surface area contributed by atoms with Crippen LogP contribution in [0.4, 0.5) is 5.82 Å². The van der Waals surface area contributed by atoms with E-state index >= 15 is 0 Å². The van der Waals surface area contributed by atoms with E-state index < -0.39 is 0 Å². The number of rotatable bonds is 3. The Morgan fingerprint density at radius 1 is 1.31 bits per heavy atom. The standard InChI is InChI=1S/C10H12N4S2/c1-6-3-9(11)14-10(12-6)16-5-8-4-15-7(2)13-8/h3-4H,5H2,1-2H3,(H2,11,12,14). The fourth-order valence-corrected chi connectivity index (χ4v) is 2.76. The SMILES string of the molecule is Cc1cc(N)nc(SCc2csc(C)n2)n1. The van der Waals surface area contributed by atoms with Gasteiger partial charge < -0.3 is 5.73 Å². The molecule has 0 aliphatic carbocycles. The number of anilines is 1. The average molecular weight is 252 g/mol. The van der Waals surface area contributed by atoms with Gasteiger partial charge in [0.25, 0.3) is 0 Å². The van der Waals surface area contributed by atoms with E-state index in [1.165, 1.54) is 0 Å². The molecule has 0 spiro atoms. The molecular formula is C10H12N4S2. The van der Waals surface area contributed by atoms with E-state index in [0.29, 0.717) is 11.0 Å². The molecular weight excluding hydrogens is 240 g/mol. The zero-order chi connectivity index (χ0) is 11.5. The van der Waals surface area contributed by atoms with Crippen molar-refractivity contribution in [2.75, 3.05) is 5.73 Å². The third kappa shape index (κ3) is 2.93. The van der Waals surface area contributed by atoms with Crippen LogP contribution in [-0.2, 0) is 5.75 Å². The maximum absolute atomic E-state index is 5.65. The number of nitrogens with zero attached hydrogens (tertiary/aromatic N) is 3. The molecule has 0 aromatic carbocycles. The Morgan fingerprint density at radius 2 is 2.12 bits per heavy atom. The lowest BCUT2D eigenvalue weighted by atomic mass is 10.4. The van der Waals surface area contributed by atoms with E-state index in [1.54, 1.807) is 29.2 Å². The van der Waals surface area contributed by atoms with Crippen LogP contribution in [0.1, 0.15) is 16.4 Å². The van der Waals surface area contributed by atoms with Gasteiger partial charge in [-0.1, -0.05) is 11.8 Å². The summed E-state index contributed by atoms with van der Waals surface area (Å²) < 4.78 is 0. The maximum atomic E-state index is 5.65. The molecule has 2 aromatic heterocycles. The van der Waals surface area contributed by atoms with Crippen molar-refractivity contribution < 1.29 is 0 Å². The highest BCUT2D eigenvalue weighted by molar-refractivity contribution is 7.98. The third-order valence-corrected chi connectivity index (χ3v) is 3.57. The molecule has 84 valence electrons. The molecule has 2 rings (SSSR count). The van der Waals surface area contributed by atoms with Crippen molar-refractivity contribution in [1.29, 1.82) is 0 Å². The summed E-state index contributed by atoms with van der Waals surface area (Å²) in [5, 5.41) is 3.85. The number of hydrogen-bond donors (Lipinski definition) is 1. The van der Waals surface area contributed by atoms with E-state index in [-0.39, 0.29) is 0 Å². The van der Waals surface area contributed by atoms with Gasteiger partial charge in [0.2, 0.25) is 0 Å². The number of hydrogen-bond acceptors (Lipinski definition) is 6. The zero-order valence-electron chi connectivity index (χ0n) is 9.10. The lowest BCUT2D eigenvalue weighted by molar-refractivity contribution is 0.939. The van der Waals surface area contributed by atoms with Gasteiger partial charge in [-0.15, -0.1) is 11.3 Å². The second-order valence-corrected chi connectivity index (χ2v) is 5.37. The Balaban J connectivity index is 2.04. The minimum Gasteiger partial charge on any atom is -0.384 e. The second kappa shape index (κ2) is 4.80. The highest BCUT2D eigenvalue weighted by Gasteiger charge is 2.03. The summed E-state index contributed by atoms with van der Waals surface area (Å²) in [6, 6.07) is 1.76. The topological polar surface area (TPSA) is 64.7 Å². The van der Waals surface area contributed by atoms with Crippen LogP contribution in [0, 0.1) is 13.8 Å². The largest absolute Gasteiger partial charge is 0.384 e. The van der Waals surface area contributed by atoms with Crippen LogP contribution in [0.15, 0.2) is 16.6 Å². The minimum absolute atomic E-state index is 0.518. The molecule has 16 heavy (non-hydrogen) atoms. The first kappa shape index (κ1) is 11.3. The van der Waals surface area contributed by atoms with Gasteiger partial charge in [0.1, 0.15) is 5.82 Å². The summed E-state index contributed by atoms with van der Waals surface area (Å²) >= 11 is 3.21. The van der Waals surface area contributed by atoms with E-state index in [2.05, 4.69) is 20.3 Å². The van der Waals surface area contributed by atoms with Crippen LogP contribution in [0.2, 0.25) is 0 Å². The van der Waals surface area contributed by atoms with Crippen LogP contribution in [0.25, 0.3) is 0 Å². The molecule has 0 amide bonds. The van der Waals surface area contributed by atoms with Gasteiger partial charge in [0.15, 0.2) is 5.16 Å². The van der Waals surface area contributed by atoms with Gasteiger partial charge in [-0.3, -0.25) is 0 Å². The van der Waals surface area contributed by atoms with Crippen molar-refractivity contribution in [2.24, 2.45) is 0 Å². The smallest absolute Gasteiger partial charge is 0.190 e. The fourth-order valence-electron chi connectivity index (χ4n) is 1.24. The molecule has 2 heterocycles. The first-order valence-electron chi connectivity index (χ1n) is 4.78. The van der Waals surface area contributed by atoms with Crippen molar-refractivity contribution in [3.8, 4) is 0 Å². The molecule has 0 aliphatic heterocycles. The predicted octanol–water partition coefficient (Wildman–Crippen LogP) is 2.42. The van der Waals surface area contributed by atoms with Crippen molar-refractivity contribution in [1.82, 2.24) is 15.0 Å². The van der Waals surface area contributed by atoms with E-state index in [4.69, 9.17) is 5.73 Å². The second-order valence-electron chi connectivity index (χ2n) is 3.36. The van der Waals surface area contributed by atoms with Gasteiger partial charge >= 0.3 is 0 Å². The number of nitrogens with two attached hydrogens (primary N) is 1. The first-order chi connectivity index (χ1) is 7.63. The van der Waals surface area contributed by atoms with Crippen LogP contribution >= 0.6 is 23.1 Å². The molecule has 0 radical (unpaired) electrons. The summed E-state index contributed by atoms with van der Waals surface area (Å²) in [6.07, 6.45) is 0. The molecule has 2 aromatic rings. The van der Waals surface area contributed by atoms with Crippen molar-refractivity contribution in [3.63, 3.8) is 0 Å². The molecule has 2 N–H and O–H groups in total. The normalized spacial score (nSPS) is 10.6. The molecule has 6 heteroatoms. The molecule has 0 unspecified atom stereocenters. The lowest BCUT2D eigenvalue weighted by Gasteiger charge is -2.01. The molecule has 0 atom stereocenters. The quantitative estimate of drug-likeness (QED) is 0.671. The summed E-state index contributed by atoms with van der Waals surface area (Å²) in [6.45, 7) is 3.91. The summed E-state index contributed by atoms with van der Waals surface area (Å²) in [4.78, 5) is 12.8. The maximum Gasteiger partial charge on any atom is 0.190 e. The molecule has 0 saturated carbocycles. The molecule has 0 saturated heterocycles. The Morgan fingerprint density at radius 3 is 2.75 bits per heavy atom. The minimum atomic E-state index is 0.518. The monoisotopic (exact) mass is 252 g/mol. The van der Waals surface area contributed by atoms with Gasteiger partial charge in [-0.05, 0) is 13.8 Å². The van der Waals surface area contributed by atoms with Gasteiger partial charge in [-0.25, -0.2) is 15.0 Å². The Hall–Kier alpha value is -1.14. The van der Waals surface area contributed by atoms with Crippen molar-refractivity contribution in [3.05, 3.63) is 27.8 Å². The summed E-state index contributed by atoms with van der Waals surface area (Å²) in [5.74, 6) is 1.30. The lowest BCUT2D eigenvalue weighted by Crippen LogP contribution is -1.96.